The van der Waals surface area contributed by atoms with Crippen molar-refractivity contribution in [1.82, 2.24) is 4.90 Å². The van der Waals surface area contributed by atoms with Gasteiger partial charge in [0.05, 0.1) is 0 Å². The van der Waals surface area contributed by atoms with Crippen molar-refractivity contribution in [2.75, 3.05) is 18.4 Å². The number of nitrogens with zero attached hydrogens (tertiary/aromatic N) is 1. The number of rotatable bonds is 6. The number of carbonyl (C=O) groups excluding carboxylic acids is 2. The maximum absolute atomic E-state index is 11.9. The molecule has 1 rings (SSSR count). The highest BCUT2D eigenvalue weighted by molar-refractivity contribution is 5.91. The first-order valence-electron chi connectivity index (χ1n) is 7.06. The van der Waals surface area contributed by atoms with E-state index in [9.17, 15) is 9.59 Å². The molecule has 1 aromatic carbocycles. The van der Waals surface area contributed by atoms with Gasteiger partial charge in [-0.05, 0) is 31.9 Å². The summed E-state index contributed by atoms with van der Waals surface area (Å²) in [5.41, 5.74) is 3.06. The lowest BCUT2D eigenvalue weighted by molar-refractivity contribution is -0.129. The van der Waals surface area contributed by atoms with Crippen molar-refractivity contribution in [2.24, 2.45) is 0 Å². The highest BCUT2D eigenvalue weighted by atomic mass is 16.2. The van der Waals surface area contributed by atoms with E-state index in [-0.39, 0.29) is 11.8 Å². The third-order valence-corrected chi connectivity index (χ3v) is 3.20. The molecule has 4 heteroatoms. The van der Waals surface area contributed by atoms with E-state index in [1.165, 1.54) is 12.5 Å². The molecule has 4 nitrogen and oxygen atoms in total. The van der Waals surface area contributed by atoms with Gasteiger partial charge in [0.2, 0.25) is 11.8 Å². The molecule has 110 valence electrons. The average molecular weight is 276 g/mol. The van der Waals surface area contributed by atoms with E-state index in [2.05, 4.69) is 5.32 Å². The first kappa shape index (κ1) is 16.2. The summed E-state index contributed by atoms with van der Waals surface area (Å²) >= 11 is 0. The largest absolute Gasteiger partial charge is 0.342 e. The van der Waals surface area contributed by atoms with Gasteiger partial charge in [0.25, 0.3) is 0 Å². The molecule has 0 aliphatic rings. The first-order chi connectivity index (χ1) is 9.43. The van der Waals surface area contributed by atoms with Gasteiger partial charge >= 0.3 is 0 Å². The summed E-state index contributed by atoms with van der Waals surface area (Å²) in [5, 5.41) is 2.90. The third kappa shape index (κ3) is 5.03. The SMILES string of the molecule is CCCN(CCC(=O)Nc1ccc(C)cc1C)C(C)=O. The van der Waals surface area contributed by atoms with E-state index < -0.39 is 0 Å². The van der Waals surface area contributed by atoms with Crippen LogP contribution in [0.1, 0.15) is 37.8 Å². The van der Waals surface area contributed by atoms with Gasteiger partial charge in [0, 0.05) is 32.1 Å². The van der Waals surface area contributed by atoms with Crippen LogP contribution in [0, 0.1) is 13.8 Å². The maximum atomic E-state index is 11.9. The second kappa shape index (κ2) is 7.68. The number of amides is 2. The van der Waals surface area contributed by atoms with E-state index in [0.29, 0.717) is 19.5 Å². The van der Waals surface area contributed by atoms with Crippen LogP contribution in [0.4, 0.5) is 5.69 Å². The first-order valence-corrected chi connectivity index (χ1v) is 7.06. The van der Waals surface area contributed by atoms with Gasteiger partial charge in [-0.2, -0.15) is 0 Å². The highest BCUT2D eigenvalue weighted by Crippen LogP contribution is 2.16. The Balaban J connectivity index is 2.53. The van der Waals surface area contributed by atoms with E-state index in [0.717, 1.165) is 17.7 Å². The molecule has 20 heavy (non-hydrogen) atoms. The summed E-state index contributed by atoms with van der Waals surface area (Å²) in [6.07, 6.45) is 1.23. The van der Waals surface area contributed by atoms with Crippen LogP contribution in [-0.2, 0) is 9.59 Å². The normalized spacial score (nSPS) is 10.2. The maximum Gasteiger partial charge on any atom is 0.226 e. The Morgan fingerprint density at radius 2 is 1.90 bits per heavy atom. The van der Waals surface area contributed by atoms with Crippen molar-refractivity contribution < 1.29 is 9.59 Å². The minimum Gasteiger partial charge on any atom is -0.342 e. The van der Waals surface area contributed by atoms with Gasteiger partial charge in [-0.15, -0.1) is 0 Å². The third-order valence-electron chi connectivity index (χ3n) is 3.20. The number of hydrogen-bond acceptors (Lipinski definition) is 2. The monoisotopic (exact) mass is 276 g/mol. The Labute approximate surface area is 121 Å². The molecular formula is C16H24N2O2. The second-order valence-electron chi connectivity index (χ2n) is 5.12. The zero-order chi connectivity index (χ0) is 15.1. The van der Waals surface area contributed by atoms with Gasteiger partial charge < -0.3 is 10.2 Å². The lowest BCUT2D eigenvalue weighted by Crippen LogP contribution is -2.32. The molecule has 1 N–H and O–H groups in total. The fraction of sp³-hybridized carbons (Fsp3) is 0.500. The lowest BCUT2D eigenvalue weighted by Gasteiger charge is -2.20. The van der Waals surface area contributed by atoms with Crippen LogP contribution >= 0.6 is 0 Å². The van der Waals surface area contributed by atoms with Crippen molar-refractivity contribution >= 4 is 17.5 Å². The lowest BCUT2D eigenvalue weighted by atomic mass is 10.1. The van der Waals surface area contributed by atoms with Crippen LogP contribution in [0.3, 0.4) is 0 Å². The number of aryl methyl sites for hydroxylation is 2. The molecule has 0 atom stereocenters. The molecule has 0 radical (unpaired) electrons. The van der Waals surface area contributed by atoms with Crippen molar-refractivity contribution in [1.29, 1.82) is 0 Å². The van der Waals surface area contributed by atoms with Crippen molar-refractivity contribution in [3.63, 3.8) is 0 Å². The van der Waals surface area contributed by atoms with Gasteiger partial charge in [-0.1, -0.05) is 24.6 Å². The number of anilines is 1. The molecule has 0 fully saturated rings. The smallest absolute Gasteiger partial charge is 0.226 e. The minimum atomic E-state index is -0.0562. The predicted octanol–water partition coefficient (Wildman–Crippen LogP) is 2.89. The van der Waals surface area contributed by atoms with Gasteiger partial charge in [-0.25, -0.2) is 0 Å². The summed E-state index contributed by atoms with van der Waals surface area (Å²) in [4.78, 5) is 25.0. The quantitative estimate of drug-likeness (QED) is 0.868. The van der Waals surface area contributed by atoms with E-state index in [4.69, 9.17) is 0 Å². The highest BCUT2D eigenvalue weighted by Gasteiger charge is 2.11. The molecule has 1 aromatic rings. The summed E-state index contributed by atoms with van der Waals surface area (Å²) in [6, 6.07) is 5.92. The Hall–Kier alpha value is -1.84. The van der Waals surface area contributed by atoms with Crippen LogP contribution in [0.15, 0.2) is 18.2 Å². The Bertz CT molecular complexity index is 483. The summed E-state index contributed by atoms with van der Waals surface area (Å²) < 4.78 is 0. The van der Waals surface area contributed by atoms with Crippen LogP contribution in [0.25, 0.3) is 0 Å². The molecule has 0 bridgehead atoms. The molecule has 0 spiro atoms. The molecule has 0 aliphatic heterocycles. The zero-order valence-electron chi connectivity index (χ0n) is 12.8. The second-order valence-corrected chi connectivity index (χ2v) is 5.12. The predicted molar refractivity (Wildman–Crippen MR) is 81.7 cm³/mol. The Morgan fingerprint density at radius 3 is 2.45 bits per heavy atom. The van der Waals surface area contributed by atoms with Crippen LogP contribution in [0.5, 0.6) is 0 Å². The Kier molecular flexibility index (Phi) is 6.22. The molecule has 0 aliphatic carbocycles. The molecule has 0 heterocycles. The number of hydrogen-bond donors (Lipinski definition) is 1. The van der Waals surface area contributed by atoms with Crippen LogP contribution in [-0.4, -0.2) is 29.8 Å². The number of nitrogens with one attached hydrogen (secondary N) is 1. The van der Waals surface area contributed by atoms with Crippen molar-refractivity contribution in [3.05, 3.63) is 29.3 Å². The molecule has 0 saturated heterocycles. The van der Waals surface area contributed by atoms with Crippen LogP contribution in [0.2, 0.25) is 0 Å². The van der Waals surface area contributed by atoms with E-state index >= 15 is 0 Å². The molecule has 0 saturated carbocycles. The van der Waals surface area contributed by atoms with Crippen molar-refractivity contribution in [3.8, 4) is 0 Å². The topological polar surface area (TPSA) is 49.4 Å². The average Bonchev–Trinajstić information content (AvgIpc) is 2.37. The van der Waals surface area contributed by atoms with Gasteiger partial charge in [0.15, 0.2) is 0 Å². The molecule has 0 unspecified atom stereocenters. The molecule has 2 amide bonds. The van der Waals surface area contributed by atoms with E-state index in [1.807, 2.05) is 39.0 Å². The van der Waals surface area contributed by atoms with E-state index in [1.54, 1.807) is 4.90 Å². The van der Waals surface area contributed by atoms with Crippen molar-refractivity contribution in [2.45, 2.75) is 40.5 Å². The van der Waals surface area contributed by atoms with Gasteiger partial charge in [-0.3, -0.25) is 9.59 Å². The molecular weight excluding hydrogens is 252 g/mol. The number of benzene rings is 1. The minimum absolute atomic E-state index is 0.0196. The van der Waals surface area contributed by atoms with Crippen LogP contribution < -0.4 is 5.32 Å². The summed E-state index contributed by atoms with van der Waals surface area (Å²) in [6.45, 7) is 8.73. The summed E-state index contributed by atoms with van der Waals surface area (Å²) in [5.74, 6) is -0.0366. The summed E-state index contributed by atoms with van der Waals surface area (Å²) in [7, 11) is 0. The van der Waals surface area contributed by atoms with Gasteiger partial charge in [0.1, 0.15) is 0 Å². The standard InChI is InChI=1S/C16H24N2O2/c1-5-9-18(14(4)19)10-8-16(20)17-15-7-6-12(2)11-13(15)3/h6-7,11H,5,8-10H2,1-4H3,(H,17,20). The molecule has 0 aromatic heterocycles. The Morgan fingerprint density at radius 1 is 1.20 bits per heavy atom. The number of carbonyl (C=O) groups is 2. The fourth-order valence-electron chi connectivity index (χ4n) is 2.10. The zero-order valence-corrected chi connectivity index (χ0v) is 12.8. The fourth-order valence-corrected chi connectivity index (χ4v) is 2.10.